The quantitative estimate of drug-likeness (QED) is 0.587. The molecule has 1 saturated heterocycles. The summed E-state index contributed by atoms with van der Waals surface area (Å²) in [5.41, 5.74) is 0.0381. The molecule has 1 spiro atoms. The molecule has 5 rings (SSSR count). The predicted octanol–water partition coefficient (Wildman–Crippen LogP) is 5.80. The second-order valence-corrected chi connectivity index (χ2v) is 10.6. The zero-order chi connectivity index (χ0) is 19.4. The van der Waals surface area contributed by atoms with Crippen molar-refractivity contribution in [2.45, 2.75) is 63.1 Å². The van der Waals surface area contributed by atoms with Crippen molar-refractivity contribution in [2.75, 3.05) is 6.61 Å². The molecule has 2 bridgehead atoms. The Morgan fingerprint density at radius 3 is 2.82 bits per heavy atom. The molecular weight excluding hydrogens is 368 g/mol. The van der Waals surface area contributed by atoms with Gasteiger partial charge in [0.05, 0.1) is 13.0 Å². The second kappa shape index (κ2) is 6.91. The molecule has 28 heavy (non-hydrogen) atoms. The molecule has 2 saturated carbocycles. The summed E-state index contributed by atoms with van der Waals surface area (Å²) in [6.07, 6.45) is 8.40. The fourth-order valence-corrected chi connectivity index (χ4v) is 7.74. The molecule has 150 valence electrons. The molecule has 5 atom stereocenters. The number of allylic oxidation sites excluding steroid dienone is 2. The van der Waals surface area contributed by atoms with Gasteiger partial charge in [-0.1, -0.05) is 49.9 Å². The van der Waals surface area contributed by atoms with Crippen LogP contribution in [0.15, 0.2) is 46.2 Å². The molecule has 4 heteroatoms. The fraction of sp³-hybridized carbons (Fsp3) is 0.625. The summed E-state index contributed by atoms with van der Waals surface area (Å²) in [6, 6.07) is 10.7. The van der Waals surface area contributed by atoms with Gasteiger partial charge in [0, 0.05) is 22.6 Å². The highest BCUT2D eigenvalue weighted by molar-refractivity contribution is 8.03. The van der Waals surface area contributed by atoms with Crippen LogP contribution in [0.2, 0.25) is 0 Å². The summed E-state index contributed by atoms with van der Waals surface area (Å²) >= 11 is 1.91. The van der Waals surface area contributed by atoms with E-state index < -0.39 is 5.79 Å². The first kappa shape index (κ1) is 18.7. The standard InChI is InChI=1S/C24H30O3S/c1-16(2)15-26-24-13-12-17-8-9-19-20(28-18-6-4-3-5-7-18)10-11-21(24)23(17,19)14-22(25)27-24/h3-7,10,16-17,19,21H,8-9,11-15H2,1-2H3/t17-,19+,21+,23+,24+/m0/s1. The van der Waals surface area contributed by atoms with Gasteiger partial charge in [-0.05, 0) is 60.5 Å². The highest BCUT2D eigenvalue weighted by Crippen LogP contribution is 2.71. The van der Waals surface area contributed by atoms with E-state index in [-0.39, 0.29) is 11.4 Å². The maximum absolute atomic E-state index is 12.8. The highest BCUT2D eigenvalue weighted by Gasteiger charge is 2.70. The van der Waals surface area contributed by atoms with Crippen LogP contribution in [-0.2, 0) is 14.3 Å². The van der Waals surface area contributed by atoms with Gasteiger partial charge in [-0.3, -0.25) is 4.79 Å². The van der Waals surface area contributed by atoms with Crippen LogP contribution in [0, 0.1) is 29.1 Å². The molecule has 0 radical (unpaired) electrons. The van der Waals surface area contributed by atoms with E-state index in [1.165, 1.54) is 22.6 Å². The Morgan fingerprint density at radius 1 is 1.21 bits per heavy atom. The van der Waals surface area contributed by atoms with E-state index in [1.54, 1.807) is 0 Å². The van der Waals surface area contributed by atoms with Crippen LogP contribution in [0.25, 0.3) is 0 Å². The number of carbonyl (C=O) groups is 1. The van der Waals surface area contributed by atoms with E-state index in [1.807, 2.05) is 11.8 Å². The van der Waals surface area contributed by atoms with E-state index in [0.717, 1.165) is 19.3 Å². The van der Waals surface area contributed by atoms with Crippen molar-refractivity contribution < 1.29 is 14.3 Å². The third-order valence-corrected chi connectivity index (χ3v) is 8.70. The van der Waals surface area contributed by atoms with E-state index in [2.05, 4.69) is 50.3 Å². The van der Waals surface area contributed by atoms with Gasteiger partial charge in [0.15, 0.2) is 0 Å². The average Bonchev–Trinajstić information content (AvgIpc) is 3.02. The van der Waals surface area contributed by atoms with E-state index in [0.29, 0.717) is 36.7 Å². The first-order chi connectivity index (χ1) is 13.5. The molecule has 3 fully saturated rings. The van der Waals surface area contributed by atoms with E-state index >= 15 is 0 Å². The molecule has 0 N–H and O–H groups in total. The smallest absolute Gasteiger partial charge is 0.308 e. The summed E-state index contributed by atoms with van der Waals surface area (Å²) in [7, 11) is 0. The van der Waals surface area contributed by atoms with Crippen molar-refractivity contribution in [3.8, 4) is 0 Å². The Hall–Kier alpha value is -1.26. The van der Waals surface area contributed by atoms with Gasteiger partial charge in [-0.25, -0.2) is 0 Å². The SMILES string of the molecule is CC(C)CO[C@@]12CC[C@@H]3CC[C@@H]4C(Sc5ccccc5)=CC[C@@H]1[C@]34CC(=O)O2. The Labute approximate surface area is 172 Å². The zero-order valence-electron chi connectivity index (χ0n) is 16.9. The summed E-state index contributed by atoms with van der Waals surface area (Å²) in [6.45, 7) is 4.98. The summed E-state index contributed by atoms with van der Waals surface area (Å²) in [5, 5.41) is 0. The second-order valence-electron chi connectivity index (χ2n) is 9.46. The minimum Gasteiger partial charge on any atom is -0.433 e. The van der Waals surface area contributed by atoms with Crippen LogP contribution < -0.4 is 0 Å². The highest BCUT2D eigenvalue weighted by atomic mass is 32.2. The lowest BCUT2D eigenvalue weighted by Crippen LogP contribution is -2.64. The lowest BCUT2D eigenvalue weighted by molar-refractivity contribution is -0.322. The van der Waals surface area contributed by atoms with Crippen LogP contribution in [0.4, 0.5) is 0 Å². The molecule has 3 nitrogen and oxygen atoms in total. The van der Waals surface area contributed by atoms with Crippen LogP contribution >= 0.6 is 11.8 Å². The van der Waals surface area contributed by atoms with Crippen LogP contribution in [-0.4, -0.2) is 18.4 Å². The molecule has 0 unspecified atom stereocenters. The Kier molecular flexibility index (Phi) is 4.63. The monoisotopic (exact) mass is 398 g/mol. The largest absolute Gasteiger partial charge is 0.433 e. The van der Waals surface area contributed by atoms with Gasteiger partial charge in [0.25, 0.3) is 0 Å². The molecule has 1 aromatic rings. The lowest BCUT2D eigenvalue weighted by atomic mass is 9.51. The van der Waals surface area contributed by atoms with Gasteiger partial charge in [0.2, 0.25) is 5.79 Å². The summed E-state index contributed by atoms with van der Waals surface area (Å²) in [4.78, 5) is 15.6. The maximum atomic E-state index is 12.8. The van der Waals surface area contributed by atoms with E-state index in [9.17, 15) is 4.79 Å². The third-order valence-electron chi connectivity index (χ3n) is 7.51. The molecule has 0 aromatic heterocycles. The number of esters is 1. The normalized spacial score (nSPS) is 38.8. The van der Waals surface area contributed by atoms with E-state index in [4.69, 9.17) is 9.47 Å². The number of hydrogen-bond donors (Lipinski definition) is 0. The van der Waals surface area contributed by atoms with Gasteiger partial charge in [-0.2, -0.15) is 0 Å². The van der Waals surface area contributed by atoms with Crippen molar-refractivity contribution >= 4 is 17.7 Å². The fourth-order valence-electron chi connectivity index (χ4n) is 6.51. The average molecular weight is 399 g/mol. The van der Waals surface area contributed by atoms with Crippen LogP contribution in [0.5, 0.6) is 0 Å². The van der Waals surface area contributed by atoms with Gasteiger partial charge in [0.1, 0.15) is 0 Å². The maximum Gasteiger partial charge on any atom is 0.308 e. The number of rotatable bonds is 5. The first-order valence-electron chi connectivity index (χ1n) is 10.8. The van der Waals surface area contributed by atoms with Crippen molar-refractivity contribution in [2.24, 2.45) is 29.1 Å². The Morgan fingerprint density at radius 2 is 2.04 bits per heavy atom. The predicted molar refractivity (Wildman–Crippen MR) is 111 cm³/mol. The van der Waals surface area contributed by atoms with Crippen molar-refractivity contribution in [1.29, 1.82) is 0 Å². The Bertz CT molecular complexity index is 788. The van der Waals surface area contributed by atoms with Gasteiger partial charge in [-0.15, -0.1) is 0 Å². The number of ether oxygens (including phenoxy) is 2. The summed E-state index contributed by atoms with van der Waals surface area (Å²) in [5.74, 6) is 1.11. The number of benzene rings is 1. The summed E-state index contributed by atoms with van der Waals surface area (Å²) < 4.78 is 12.5. The number of thioether (sulfide) groups is 1. The molecule has 1 aliphatic heterocycles. The van der Waals surface area contributed by atoms with Crippen LogP contribution in [0.3, 0.4) is 0 Å². The Balaban J connectivity index is 1.52. The first-order valence-corrected chi connectivity index (χ1v) is 11.6. The van der Waals surface area contributed by atoms with Crippen molar-refractivity contribution in [1.82, 2.24) is 0 Å². The zero-order valence-corrected chi connectivity index (χ0v) is 17.7. The molecule has 1 aromatic carbocycles. The topological polar surface area (TPSA) is 35.5 Å². The molecule has 1 heterocycles. The van der Waals surface area contributed by atoms with Crippen LogP contribution in [0.1, 0.15) is 52.4 Å². The lowest BCUT2D eigenvalue weighted by Gasteiger charge is -2.61. The van der Waals surface area contributed by atoms with Crippen molar-refractivity contribution in [3.05, 3.63) is 41.3 Å². The van der Waals surface area contributed by atoms with Gasteiger partial charge >= 0.3 is 5.97 Å². The minimum absolute atomic E-state index is 0.0381. The number of carbonyl (C=O) groups excluding carboxylic acids is 1. The molecule has 4 aliphatic rings. The minimum atomic E-state index is -0.696. The molecular formula is C24H30O3S. The molecule has 3 aliphatic carbocycles. The van der Waals surface area contributed by atoms with Gasteiger partial charge < -0.3 is 9.47 Å². The number of hydrogen-bond acceptors (Lipinski definition) is 4. The third kappa shape index (κ3) is 2.79. The van der Waals surface area contributed by atoms with Crippen molar-refractivity contribution in [3.63, 3.8) is 0 Å². The molecule has 0 amide bonds.